The second-order valence-electron chi connectivity index (χ2n) is 4.00. The van der Waals surface area contributed by atoms with E-state index in [9.17, 15) is 23.7 Å². The molecule has 0 spiro atoms. The minimum Gasteiger partial charge on any atom is -0.293 e. The van der Waals surface area contributed by atoms with Crippen LogP contribution in [0.1, 0.15) is 23.1 Å². The molecule has 0 fully saturated rings. The van der Waals surface area contributed by atoms with Gasteiger partial charge >= 0.3 is 5.69 Å². The molecule has 1 aromatic carbocycles. The summed E-state index contributed by atoms with van der Waals surface area (Å²) >= 11 is 0. The Kier molecular flexibility index (Phi) is 3.26. The molecule has 1 aromatic heterocycles. The third-order valence-corrected chi connectivity index (χ3v) is 2.67. The average Bonchev–Trinajstić information content (AvgIpc) is 2.73. The summed E-state index contributed by atoms with van der Waals surface area (Å²) in [5.41, 5.74) is -1.10. The Morgan fingerprint density at radius 2 is 2.00 bits per heavy atom. The van der Waals surface area contributed by atoms with E-state index in [1.165, 1.54) is 13.8 Å². The smallest absolute Gasteiger partial charge is 0.293 e. The highest BCUT2D eigenvalue weighted by atomic mass is 19.1. The van der Waals surface area contributed by atoms with Crippen LogP contribution >= 0.6 is 0 Å². The van der Waals surface area contributed by atoms with E-state index < -0.39 is 22.2 Å². The third-order valence-electron chi connectivity index (χ3n) is 2.67. The van der Waals surface area contributed by atoms with Gasteiger partial charge < -0.3 is 0 Å². The first-order valence-electron chi connectivity index (χ1n) is 5.40. The van der Waals surface area contributed by atoms with E-state index in [0.29, 0.717) is 12.1 Å². The molecule has 0 amide bonds. The van der Waals surface area contributed by atoms with Crippen molar-refractivity contribution in [2.75, 3.05) is 0 Å². The van der Waals surface area contributed by atoms with Gasteiger partial charge in [-0.15, -0.1) is 5.10 Å². The van der Waals surface area contributed by atoms with Crippen LogP contribution in [-0.2, 0) is 0 Å². The van der Waals surface area contributed by atoms with Gasteiger partial charge in [0, 0.05) is 13.0 Å². The van der Waals surface area contributed by atoms with E-state index in [1.54, 1.807) is 0 Å². The van der Waals surface area contributed by atoms with Gasteiger partial charge in [-0.1, -0.05) is 5.21 Å². The lowest BCUT2D eigenvalue weighted by Gasteiger charge is -2.05. The third kappa shape index (κ3) is 2.13. The van der Waals surface area contributed by atoms with Crippen LogP contribution in [0.3, 0.4) is 0 Å². The van der Waals surface area contributed by atoms with Crippen LogP contribution in [0.2, 0.25) is 0 Å². The highest BCUT2D eigenvalue weighted by Gasteiger charge is 2.22. The van der Waals surface area contributed by atoms with Gasteiger partial charge in [0.25, 0.3) is 0 Å². The molecule has 0 bridgehead atoms. The number of Topliss-reactive ketones (excluding diaryl/α,β-unsaturated/α-hetero) is 1. The van der Waals surface area contributed by atoms with Gasteiger partial charge in [-0.3, -0.25) is 14.9 Å². The minimum atomic E-state index is -1.20. The van der Waals surface area contributed by atoms with Crippen LogP contribution in [0.15, 0.2) is 12.1 Å². The predicted octanol–water partition coefficient (Wildman–Crippen LogP) is 1.96. The molecule has 7 nitrogen and oxygen atoms in total. The molecule has 0 unspecified atom stereocenters. The number of aromatic nitrogens is 3. The zero-order chi connectivity index (χ0) is 15.0. The fourth-order valence-electron chi connectivity index (χ4n) is 1.71. The predicted molar refractivity (Wildman–Crippen MR) is 62.7 cm³/mol. The van der Waals surface area contributed by atoms with Gasteiger partial charge in [-0.2, -0.15) is 4.39 Å². The number of nitro benzene ring substituents is 1. The zero-order valence-electron chi connectivity index (χ0n) is 10.4. The molecule has 0 aliphatic carbocycles. The van der Waals surface area contributed by atoms with Crippen LogP contribution in [0.5, 0.6) is 0 Å². The summed E-state index contributed by atoms with van der Waals surface area (Å²) in [5, 5.41) is 17.6. The summed E-state index contributed by atoms with van der Waals surface area (Å²) in [4.78, 5) is 20.7. The van der Waals surface area contributed by atoms with Gasteiger partial charge in [0.2, 0.25) is 5.82 Å². The van der Waals surface area contributed by atoms with Gasteiger partial charge in [0.15, 0.2) is 17.3 Å². The number of halogens is 2. The summed E-state index contributed by atoms with van der Waals surface area (Å²) < 4.78 is 28.3. The van der Waals surface area contributed by atoms with Crippen molar-refractivity contribution in [2.24, 2.45) is 0 Å². The second kappa shape index (κ2) is 4.76. The Bertz CT molecular complexity index is 727. The Labute approximate surface area is 111 Å². The standard InChI is InChI=1S/C11H8F2N4O3/c1-5-11(6(2)18)14-15-16(5)9-3-8(13)10(17(19)20)4-7(9)12/h3-4H,1-2H3. The summed E-state index contributed by atoms with van der Waals surface area (Å²) in [7, 11) is 0. The normalized spacial score (nSPS) is 10.6. The molecular formula is C11H8F2N4O3. The Hall–Kier alpha value is -2.71. The van der Waals surface area contributed by atoms with E-state index >= 15 is 0 Å². The number of ketones is 1. The lowest BCUT2D eigenvalue weighted by atomic mass is 10.2. The molecule has 2 aromatic rings. The first-order valence-corrected chi connectivity index (χ1v) is 5.40. The maximum absolute atomic E-state index is 13.8. The largest absolute Gasteiger partial charge is 0.307 e. The number of nitrogens with zero attached hydrogens (tertiary/aromatic N) is 4. The Morgan fingerprint density at radius 1 is 1.35 bits per heavy atom. The molecule has 0 saturated heterocycles. The first-order chi connectivity index (χ1) is 9.32. The van der Waals surface area contributed by atoms with Crippen molar-refractivity contribution in [3.05, 3.63) is 45.3 Å². The molecule has 104 valence electrons. The van der Waals surface area contributed by atoms with Crippen molar-refractivity contribution in [3.8, 4) is 5.69 Å². The molecule has 9 heteroatoms. The topological polar surface area (TPSA) is 90.9 Å². The van der Waals surface area contributed by atoms with Gasteiger partial charge in [-0.25, -0.2) is 9.07 Å². The Morgan fingerprint density at radius 3 is 2.50 bits per heavy atom. The number of carbonyl (C=O) groups excluding carboxylic acids is 1. The SMILES string of the molecule is CC(=O)c1nnn(-c2cc(F)c([N+](=O)[O-])cc2F)c1C. The van der Waals surface area contributed by atoms with Crippen molar-refractivity contribution >= 4 is 11.5 Å². The fraction of sp³-hybridized carbons (Fsp3) is 0.182. The molecule has 0 aliphatic heterocycles. The summed E-state index contributed by atoms with van der Waals surface area (Å²) in [5.74, 6) is -2.62. The maximum Gasteiger partial charge on any atom is 0.307 e. The van der Waals surface area contributed by atoms with E-state index in [-0.39, 0.29) is 22.9 Å². The van der Waals surface area contributed by atoms with Gasteiger partial charge in [0.05, 0.1) is 16.7 Å². The Balaban J connectivity index is 2.62. The number of hydrogen-bond donors (Lipinski definition) is 0. The van der Waals surface area contributed by atoms with Gasteiger partial charge in [-0.05, 0) is 6.92 Å². The second-order valence-corrected chi connectivity index (χ2v) is 4.00. The highest BCUT2D eigenvalue weighted by molar-refractivity contribution is 5.93. The minimum absolute atomic E-state index is 0.0168. The van der Waals surface area contributed by atoms with Crippen molar-refractivity contribution < 1.29 is 18.5 Å². The highest BCUT2D eigenvalue weighted by Crippen LogP contribution is 2.24. The number of nitro groups is 1. The van der Waals surface area contributed by atoms with Gasteiger partial charge in [0.1, 0.15) is 5.69 Å². The van der Waals surface area contributed by atoms with Crippen molar-refractivity contribution in [3.63, 3.8) is 0 Å². The summed E-state index contributed by atoms with van der Waals surface area (Å²) in [6.45, 7) is 2.71. The molecule has 20 heavy (non-hydrogen) atoms. The van der Waals surface area contributed by atoms with Crippen molar-refractivity contribution in [1.82, 2.24) is 15.0 Å². The van der Waals surface area contributed by atoms with Crippen LogP contribution in [0, 0.1) is 28.7 Å². The summed E-state index contributed by atoms with van der Waals surface area (Å²) in [6.07, 6.45) is 0. The first kappa shape index (κ1) is 13.7. The fourth-order valence-corrected chi connectivity index (χ4v) is 1.71. The van der Waals surface area contributed by atoms with E-state index in [0.717, 1.165) is 4.68 Å². The molecule has 0 saturated carbocycles. The van der Waals surface area contributed by atoms with E-state index in [2.05, 4.69) is 10.3 Å². The molecule has 2 rings (SSSR count). The maximum atomic E-state index is 13.8. The number of rotatable bonds is 3. The lowest BCUT2D eigenvalue weighted by Crippen LogP contribution is -2.05. The molecule has 0 N–H and O–H groups in total. The van der Waals surface area contributed by atoms with Crippen LogP contribution in [-0.4, -0.2) is 25.7 Å². The molecule has 0 aliphatic rings. The van der Waals surface area contributed by atoms with Crippen molar-refractivity contribution in [2.45, 2.75) is 13.8 Å². The quantitative estimate of drug-likeness (QED) is 0.487. The number of benzene rings is 1. The van der Waals surface area contributed by atoms with E-state index in [4.69, 9.17) is 0 Å². The van der Waals surface area contributed by atoms with E-state index in [1.807, 2.05) is 0 Å². The lowest BCUT2D eigenvalue weighted by molar-refractivity contribution is -0.387. The molecule has 0 radical (unpaired) electrons. The number of hydrogen-bond acceptors (Lipinski definition) is 5. The zero-order valence-corrected chi connectivity index (χ0v) is 10.4. The summed E-state index contributed by atoms with van der Waals surface area (Å²) in [6, 6.07) is 1.10. The average molecular weight is 282 g/mol. The molecular weight excluding hydrogens is 274 g/mol. The monoisotopic (exact) mass is 282 g/mol. The number of carbonyl (C=O) groups is 1. The van der Waals surface area contributed by atoms with Crippen LogP contribution < -0.4 is 0 Å². The molecule has 0 atom stereocenters. The van der Waals surface area contributed by atoms with Crippen molar-refractivity contribution in [1.29, 1.82) is 0 Å². The van der Waals surface area contributed by atoms with Crippen LogP contribution in [0.4, 0.5) is 14.5 Å². The molecule has 1 heterocycles. The van der Waals surface area contributed by atoms with Crippen LogP contribution in [0.25, 0.3) is 5.69 Å².